The molecule has 24 heavy (non-hydrogen) atoms. The lowest BCUT2D eigenvalue weighted by molar-refractivity contribution is -0.107. The SMILES string of the molecule is CC(C)(C)OC(=O)NCC1(CN(C=O)c2cnc(Cl)c(Br)c2)CC1. The third kappa shape index (κ3) is 5.34. The summed E-state index contributed by atoms with van der Waals surface area (Å²) in [7, 11) is 0. The smallest absolute Gasteiger partial charge is 0.407 e. The van der Waals surface area contributed by atoms with Gasteiger partial charge in [-0.05, 0) is 55.6 Å². The van der Waals surface area contributed by atoms with Crippen molar-refractivity contribution < 1.29 is 14.3 Å². The highest BCUT2D eigenvalue weighted by atomic mass is 79.9. The first-order valence-electron chi connectivity index (χ1n) is 7.64. The van der Waals surface area contributed by atoms with E-state index in [1.165, 1.54) is 0 Å². The van der Waals surface area contributed by atoms with Crippen LogP contribution in [0.15, 0.2) is 16.7 Å². The molecule has 132 valence electrons. The van der Waals surface area contributed by atoms with Crippen molar-refractivity contribution in [2.75, 3.05) is 18.0 Å². The number of anilines is 1. The molecule has 1 aliphatic carbocycles. The van der Waals surface area contributed by atoms with Gasteiger partial charge in [0.1, 0.15) is 10.8 Å². The van der Waals surface area contributed by atoms with Crippen molar-refractivity contribution in [3.8, 4) is 0 Å². The van der Waals surface area contributed by atoms with Crippen molar-refractivity contribution in [3.05, 3.63) is 21.9 Å². The quantitative estimate of drug-likeness (QED) is 0.564. The molecule has 0 saturated heterocycles. The molecule has 1 fully saturated rings. The third-order valence-electron chi connectivity index (χ3n) is 3.71. The van der Waals surface area contributed by atoms with Gasteiger partial charge >= 0.3 is 6.09 Å². The number of amides is 2. The maximum absolute atomic E-state index is 11.8. The Bertz CT molecular complexity index is 629. The molecule has 2 rings (SSSR count). The van der Waals surface area contributed by atoms with Gasteiger partial charge in [0.2, 0.25) is 6.41 Å². The lowest BCUT2D eigenvalue weighted by atomic mass is 10.1. The highest BCUT2D eigenvalue weighted by Crippen LogP contribution is 2.46. The molecular formula is C16H21BrClN3O3. The van der Waals surface area contributed by atoms with Gasteiger partial charge in [0.05, 0.1) is 16.4 Å². The zero-order valence-electron chi connectivity index (χ0n) is 13.9. The minimum atomic E-state index is -0.531. The summed E-state index contributed by atoms with van der Waals surface area (Å²) in [5.41, 5.74) is 0.00526. The number of alkyl carbamates (subject to hydrolysis) is 1. The number of nitrogens with zero attached hydrogens (tertiary/aromatic N) is 2. The number of hydrogen-bond donors (Lipinski definition) is 1. The topological polar surface area (TPSA) is 71.5 Å². The van der Waals surface area contributed by atoms with Crippen LogP contribution < -0.4 is 10.2 Å². The van der Waals surface area contributed by atoms with Crippen LogP contribution in [0.5, 0.6) is 0 Å². The van der Waals surface area contributed by atoms with Crippen LogP contribution in [0.4, 0.5) is 10.5 Å². The number of nitrogens with one attached hydrogen (secondary N) is 1. The largest absolute Gasteiger partial charge is 0.444 e. The summed E-state index contributed by atoms with van der Waals surface area (Å²) in [5, 5.41) is 3.14. The Morgan fingerprint density at radius 1 is 1.54 bits per heavy atom. The monoisotopic (exact) mass is 417 g/mol. The molecule has 0 aliphatic heterocycles. The average molecular weight is 419 g/mol. The van der Waals surface area contributed by atoms with Crippen molar-refractivity contribution >= 4 is 45.7 Å². The normalized spacial score (nSPS) is 15.5. The van der Waals surface area contributed by atoms with Crippen LogP contribution in [-0.2, 0) is 9.53 Å². The Morgan fingerprint density at radius 2 is 2.21 bits per heavy atom. The molecule has 1 aromatic heterocycles. The third-order valence-corrected chi connectivity index (χ3v) is 4.84. The first-order chi connectivity index (χ1) is 11.1. The highest BCUT2D eigenvalue weighted by Gasteiger charge is 2.44. The van der Waals surface area contributed by atoms with E-state index in [4.69, 9.17) is 16.3 Å². The van der Waals surface area contributed by atoms with E-state index in [2.05, 4.69) is 26.2 Å². The van der Waals surface area contributed by atoms with Gasteiger partial charge in [-0.15, -0.1) is 0 Å². The minimum Gasteiger partial charge on any atom is -0.444 e. The second-order valence-electron chi connectivity index (χ2n) is 7.05. The number of halogens is 2. The number of rotatable bonds is 6. The molecule has 0 spiro atoms. The van der Waals surface area contributed by atoms with E-state index in [1.807, 2.05) is 20.8 Å². The van der Waals surface area contributed by atoms with Crippen molar-refractivity contribution in [2.45, 2.75) is 39.2 Å². The van der Waals surface area contributed by atoms with Crippen molar-refractivity contribution in [2.24, 2.45) is 5.41 Å². The van der Waals surface area contributed by atoms with Gasteiger partial charge in [-0.2, -0.15) is 0 Å². The highest BCUT2D eigenvalue weighted by molar-refractivity contribution is 9.10. The molecular weight excluding hydrogens is 398 g/mol. The Kier molecular flexibility index (Phi) is 5.75. The van der Waals surface area contributed by atoms with E-state index in [0.717, 1.165) is 19.3 Å². The van der Waals surface area contributed by atoms with Crippen LogP contribution in [0.25, 0.3) is 0 Å². The zero-order valence-corrected chi connectivity index (χ0v) is 16.3. The van der Waals surface area contributed by atoms with E-state index < -0.39 is 11.7 Å². The molecule has 1 saturated carbocycles. The van der Waals surface area contributed by atoms with Crippen molar-refractivity contribution in [3.63, 3.8) is 0 Å². The number of pyridine rings is 1. The standard InChI is InChI=1S/C16H21BrClN3O3/c1-15(2,3)24-14(23)20-8-16(4-5-16)9-21(10-22)11-6-12(17)13(18)19-7-11/h6-7,10H,4-5,8-9H2,1-3H3,(H,20,23). The van der Waals surface area contributed by atoms with Crippen LogP contribution in [0.1, 0.15) is 33.6 Å². The number of carbonyl (C=O) groups excluding carboxylic acids is 2. The fourth-order valence-electron chi connectivity index (χ4n) is 2.26. The lowest BCUT2D eigenvalue weighted by Crippen LogP contribution is -2.40. The number of aromatic nitrogens is 1. The average Bonchev–Trinajstić information content (AvgIpc) is 3.24. The van der Waals surface area contributed by atoms with Gasteiger partial charge < -0.3 is 15.0 Å². The Labute approximate surface area is 155 Å². The van der Waals surface area contributed by atoms with Gasteiger partial charge in [-0.25, -0.2) is 9.78 Å². The summed E-state index contributed by atoms with van der Waals surface area (Å²) >= 11 is 9.19. The number of hydrogen-bond acceptors (Lipinski definition) is 4. The van der Waals surface area contributed by atoms with E-state index >= 15 is 0 Å². The maximum atomic E-state index is 11.8. The first-order valence-corrected chi connectivity index (χ1v) is 8.81. The van der Waals surface area contributed by atoms with E-state index in [9.17, 15) is 9.59 Å². The first kappa shape index (κ1) is 19.0. The molecule has 0 aromatic carbocycles. The number of ether oxygens (including phenoxy) is 1. The van der Waals surface area contributed by atoms with Crippen LogP contribution in [0.3, 0.4) is 0 Å². The molecule has 2 amide bonds. The summed E-state index contributed by atoms with van der Waals surface area (Å²) in [4.78, 5) is 28.9. The van der Waals surface area contributed by atoms with Gasteiger partial charge in [0.25, 0.3) is 0 Å². The molecule has 0 unspecified atom stereocenters. The molecule has 0 radical (unpaired) electrons. The van der Waals surface area contributed by atoms with Gasteiger partial charge in [-0.3, -0.25) is 4.79 Å². The van der Waals surface area contributed by atoms with Crippen LogP contribution in [0, 0.1) is 5.41 Å². The lowest BCUT2D eigenvalue weighted by Gasteiger charge is -2.25. The maximum Gasteiger partial charge on any atom is 0.407 e. The second kappa shape index (κ2) is 7.27. The Balaban J connectivity index is 1.96. The van der Waals surface area contributed by atoms with Gasteiger partial charge in [0, 0.05) is 18.5 Å². The zero-order chi connectivity index (χ0) is 18.0. The summed E-state index contributed by atoms with van der Waals surface area (Å²) in [6.45, 7) is 6.42. The molecule has 0 atom stereocenters. The van der Waals surface area contributed by atoms with Gasteiger partial charge in [0.15, 0.2) is 0 Å². The van der Waals surface area contributed by atoms with E-state index in [-0.39, 0.29) is 5.41 Å². The Morgan fingerprint density at radius 3 is 2.71 bits per heavy atom. The van der Waals surface area contributed by atoms with E-state index in [1.54, 1.807) is 17.2 Å². The number of carbonyl (C=O) groups is 2. The summed E-state index contributed by atoms with van der Waals surface area (Å²) in [5.74, 6) is 0. The van der Waals surface area contributed by atoms with E-state index in [0.29, 0.717) is 28.4 Å². The summed E-state index contributed by atoms with van der Waals surface area (Å²) in [6.07, 6.45) is 3.76. The van der Waals surface area contributed by atoms with Crippen molar-refractivity contribution in [1.82, 2.24) is 10.3 Å². The molecule has 0 bridgehead atoms. The molecule has 1 aliphatic rings. The molecule has 1 N–H and O–H groups in total. The van der Waals surface area contributed by atoms with Crippen LogP contribution in [0.2, 0.25) is 5.15 Å². The second-order valence-corrected chi connectivity index (χ2v) is 8.27. The Hall–Kier alpha value is -1.34. The minimum absolute atomic E-state index is 0.121. The molecule has 1 aromatic rings. The van der Waals surface area contributed by atoms with Crippen LogP contribution in [-0.4, -0.2) is 36.2 Å². The predicted octanol–water partition coefficient (Wildman–Crippen LogP) is 3.77. The molecule has 6 nitrogen and oxygen atoms in total. The predicted molar refractivity (Wildman–Crippen MR) is 96.3 cm³/mol. The molecule has 8 heteroatoms. The van der Waals surface area contributed by atoms with Crippen LogP contribution >= 0.6 is 27.5 Å². The summed E-state index contributed by atoms with van der Waals surface area (Å²) < 4.78 is 5.87. The molecule has 1 heterocycles. The summed E-state index contributed by atoms with van der Waals surface area (Å²) in [6, 6.07) is 1.75. The van der Waals surface area contributed by atoms with Gasteiger partial charge in [-0.1, -0.05) is 11.6 Å². The fraction of sp³-hybridized carbons (Fsp3) is 0.562. The fourth-order valence-corrected chi connectivity index (χ4v) is 2.70. The van der Waals surface area contributed by atoms with Crippen molar-refractivity contribution in [1.29, 1.82) is 0 Å².